The molecule has 116 valence electrons. The van der Waals surface area contributed by atoms with E-state index in [1.807, 2.05) is 0 Å². The summed E-state index contributed by atoms with van der Waals surface area (Å²) in [5.41, 5.74) is 0. The van der Waals surface area contributed by atoms with E-state index in [-0.39, 0.29) is 0 Å². The van der Waals surface area contributed by atoms with Crippen molar-refractivity contribution in [1.29, 1.82) is 0 Å². The quantitative estimate of drug-likeness (QED) is 0.284. The van der Waals surface area contributed by atoms with Gasteiger partial charge in [-0.15, -0.1) is 0 Å². The van der Waals surface area contributed by atoms with Gasteiger partial charge in [-0.25, -0.2) is 9.59 Å². The fourth-order valence-corrected chi connectivity index (χ4v) is 4.47. The highest BCUT2D eigenvalue weighted by Crippen LogP contribution is 2.48. The van der Waals surface area contributed by atoms with Gasteiger partial charge in [-0.05, 0) is 26.0 Å². The molecule has 0 saturated carbocycles. The number of cyclic esters (lactones) is 2. The number of rotatable bonds is 10. The Hall–Kier alpha value is -0.560. The summed E-state index contributed by atoms with van der Waals surface area (Å²) in [5, 5.41) is 2.42. The minimum absolute atomic E-state index is 0.350. The molecule has 1 unspecified atom stereocenters. The molecule has 7 nitrogen and oxygen atoms in total. The van der Waals surface area contributed by atoms with E-state index < -0.39 is 25.7 Å². The number of carbonyl (C=O) groups is 2. The van der Waals surface area contributed by atoms with Gasteiger partial charge in [0.05, 0.1) is 19.4 Å². The van der Waals surface area contributed by atoms with E-state index in [1.54, 1.807) is 13.8 Å². The van der Waals surface area contributed by atoms with Gasteiger partial charge in [-0.1, -0.05) is 0 Å². The first-order valence-electron chi connectivity index (χ1n) is 6.48. The SMILES string of the molecule is CCOP(=O)(CCCSCC1NC(=O)OC1=O)OCC. The Balaban J connectivity index is 2.19. The first-order chi connectivity index (χ1) is 9.50. The van der Waals surface area contributed by atoms with Gasteiger partial charge in [0.25, 0.3) is 0 Å². The second-order valence-corrected chi connectivity index (χ2v) is 7.34. The molecular formula is C11H20NO6PS. The topological polar surface area (TPSA) is 90.9 Å². The van der Waals surface area contributed by atoms with Crippen molar-refractivity contribution in [3.8, 4) is 0 Å². The summed E-state index contributed by atoms with van der Waals surface area (Å²) < 4.78 is 26.9. The van der Waals surface area contributed by atoms with E-state index in [1.165, 1.54) is 11.8 Å². The molecule has 1 saturated heterocycles. The van der Waals surface area contributed by atoms with Crippen molar-refractivity contribution < 1.29 is 27.9 Å². The number of thioether (sulfide) groups is 1. The van der Waals surface area contributed by atoms with Crippen LogP contribution in [0.4, 0.5) is 4.79 Å². The van der Waals surface area contributed by atoms with E-state index in [9.17, 15) is 14.2 Å². The number of ether oxygens (including phenoxy) is 1. The molecule has 0 aromatic rings. The maximum absolute atomic E-state index is 12.1. The van der Waals surface area contributed by atoms with Crippen molar-refractivity contribution in [1.82, 2.24) is 5.32 Å². The molecule has 1 heterocycles. The van der Waals surface area contributed by atoms with Crippen LogP contribution in [0.5, 0.6) is 0 Å². The van der Waals surface area contributed by atoms with E-state index in [0.717, 1.165) is 0 Å². The fourth-order valence-electron chi connectivity index (χ4n) is 1.62. The Morgan fingerprint density at radius 1 is 1.30 bits per heavy atom. The summed E-state index contributed by atoms with van der Waals surface area (Å²) in [6.07, 6.45) is 0.304. The Bertz CT molecular complexity index is 381. The van der Waals surface area contributed by atoms with Crippen LogP contribution in [0.2, 0.25) is 0 Å². The number of alkyl carbamates (subject to hydrolysis) is 1. The number of amides is 1. The Labute approximate surface area is 122 Å². The molecule has 1 N–H and O–H groups in total. The summed E-state index contributed by atoms with van der Waals surface area (Å²) in [7, 11) is -2.98. The second-order valence-electron chi connectivity index (χ2n) is 4.00. The monoisotopic (exact) mass is 325 g/mol. The second kappa shape index (κ2) is 8.67. The first-order valence-corrected chi connectivity index (χ1v) is 9.37. The highest BCUT2D eigenvalue weighted by Gasteiger charge is 2.32. The highest BCUT2D eigenvalue weighted by molar-refractivity contribution is 7.99. The average molecular weight is 325 g/mol. The number of hydrogen-bond acceptors (Lipinski definition) is 7. The third kappa shape index (κ3) is 5.83. The standard InChI is InChI=1S/C11H20NO6PS/c1-3-16-19(15,17-4-2)6-5-7-20-8-9-10(13)18-11(14)12-9/h9H,3-8H2,1-2H3,(H,12,14). The minimum atomic E-state index is -2.98. The van der Waals surface area contributed by atoms with E-state index in [4.69, 9.17) is 9.05 Å². The summed E-state index contributed by atoms with van der Waals surface area (Å²) in [5.74, 6) is 0.596. The van der Waals surface area contributed by atoms with Crippen molar-refractivity contribution in [2.45, 2.75) is 26.3 Å². The van der Waals surface area contributed by atoms with Crippen LogP contribution in [0, 0.1) is 0 Å². The predicted molar refractivity (Wildman–Crippen MR) is 76.1 cm³/mol. The van der Waals surface area contributed by atoms with Crippen LogP contribution in [-0.2, 0) is 23.1 Å². The molecule has 0 aromatic heterocycles. The number of carbonyl (C=O) groups excluding carboxylic acids is 2. The number of nitrogens with one attached hydrogen (secondary N) is 1. The van der Waals surface area contributed by atoms with Crippen LogP contribution in [0.15, 0.2) is 0 Å². The normalized spacial score (nSPS) is 19.0. The van der Waals surface area contributed by atoms with Crippen LogP contribution in [0.25, 0.3) is 0 Å². The molecule has 1 rings (SSSR count). The van der Waals surface area contributed by atoms with E-state index in [0.29, 0.717) is 37.3 Å². The maximum Gasteiger partial charge on any atom is 0.415 e. The zero-order valence-electron chi connectivity index (χ0n) is 11.6. The molecule has 0 aliphatic carbocycles. The predicted octanol–water partition coefficient (Wildman–Crippen LogP) is 2.01. The lowest BCUT2D eigenvalue weighted by molar-refractivity contribution is -0.134. The van der Waals surface area contributed by atoms with E-state index >= 15 is 0 Å². The van der Waals surface area contributed by atoms with Crippen molar-refractivity contribution in [3.05, 3.63) is 0 Å². The van der Waals surface area contributed by atoms with Crippen LogP contribution in [0.1, 0.15) is 20.3 Å². The van der Waals surface area contributed by atoms with Crippen molar-refractivity contribution in [2.75, 3.05) is 30.9 Å². The van der Waals surface area contributed by atoms with Crippen LogP contribution < -0.4 is 5.32 Å². The number of hydrogen-bond donors (Lipinski definition) is 1. The lowest BCUT2D eigenvalue weighted by atomic mass is 10.4. The average Bonchev–Trinajstić information content (AvgIpc) is 2.68. The van der Waals surface area contributed by atoms with Gasteiger partial charge < -0.3 is 19.1 Å². The van der Waals surface area contributed by atoms with Gasteiger partial charge in [0, 0.05) is 5.75 Å². The molecule has 9 heteroatoms. The molecule has 0 aromatic carbocycles. The summed E-state index contributed by atoms with van der Waals surface area (Å²) in [6, 6.07) is -0.585. The molecule has 0 spiro atoms. The van der Waals surface area contributed by atoms with Crippen molar-refractivity contribution in [3.63, 3.8) is 0 Å². The first kappa shape index (κ1) is 17.5. The van der Waals surface area contributed by atoms with Gasteiger partial charge in [0.15, 0.2) is 0 Å². The zero-order valence-corrected chi connectivity index (χ0v) is 13.3. The molecule has 0 bridgehead atoms. The molecule has 1 fully saturated rings. The molecule has 1 aliphatic heterocycles. The summed E-state index contributed by atoms with van der Waals surface area (Å²) >= 11 is 1.49. The van der Waals surface area contributed by atoms with Crippen LogP contribution in [-0.4, -0.2) is 49.0 Å². The lowest BCUT2D eigenvalue weighted by Gasteiger charge is -2.16. The maximum atomic E-state index is 12.1. The van der Waals surface area contributed by atoms with Gasteiger partial charge in [0.1, 0.15) is 6.04 Å². The zero-order chi connectivity index (χ0) is 15.0. The molecule has 20 heavy (non-hydrogen) atoms. The van der Waals surface area contributed by atoms with Gasteiger partial charge >= 0.3 is 19.7 Å². The summed E-state index contributed by atoms with van der Waals surface area (Å²) in [4.78, 5) is 22.0. The Morgan fingerprint density at radius 3 is 2.45 bits per heavy atom. The molecule has 1 atom stereocenters. The Morgan fingerprint density at radius 2 is 1.95 bits per heavy atom. The van der Waals surface area contributed by atoms with Crippen molar-refractivity contribution >= 4 is 31.4 Å². The van der Waals surface area contributed by atoms with Crippen molar-refractivity contribution in [2.24, 2.45) is 0 Å². The largest absolute Gasteiger partial charge is 0.415 e. The smallest absolute Gasteiger partial charge is 0.375 e. The van der Waals surface area contributed by atoms with Crippen LogP contribution in [0.3, 0.4) is 0 Å². The van der Waals surface area contributed by atoms with Gasteiger partial charge in [-0.2, -0.15) is 11.8 Å². The van der Waals surface area contributed by atoms with Gasteiger partial charge in [0.2, 0.25) is 0 Å². The third-order valence-electron chi connectivity index (χ3n) is 2.43. The summed E-state index contributed by atoms with van der Waals surface area (Å²) in [6.45, 7) is 4.25. The molecular weight excluding hydrogens is 305 g/mol. The molecule has 0 radical (unpaired) electrons. The van der Waals surface area contributed by atoms with Gasteiger partial charge in [-0.3, -0.25) is 4.57 Å². The van der Waals surface area contributed by atoms with E-state index in [2.05, 4.69) is 10.1 Å². The lowest BCUT2D eigenvalue weighted by Crippen LogP contribution is -2.31. The highest BCUT2D eigenvalue weighted by atomic mass is 32.2. The number of esters is 1. The van der Waals surface area contributed by atoms with Crippen LogP contribution >= 0.6 is 19.4 Å². The molecule has 1 amide bonds. The Kier molecular flexibility index (Phi) is 7.58. The third-order valence-corrected chi connectivity index (χ3v) is 5.74. The molecule has 1 aliphatic rings. The minimum Gasteiger partial charge on any atom is -0.375 e. The fraction of sp³-hybridized carbons (Fsp3) is 0.818.